The molecule has 94 valence electrons. The largest absolute Gasteiger partial charge is 0.504 e. The Morgan fingerprint density at radius 1 is 1.41 bits per heavy atom. The van der Waals surface area contributed by atoms with E-state index in [1.807, 2.05) is 0 Å². The molecule has 0 saturated heterocycles. The van der Waals surface area contributed by atoms with Crippen molar-refractivity contribution in [2.75, 3.05) is 6.61 Å². The van der Waals surface area contributed by atoms with Gasteiger partial charge in [-0.05, 0) is 26.0 Å². The van der Waals surface area contributed by atoms with E-state index >= 15 is 0 Å². The predicted octanol–water partition coefficient (Wildman–Crippen LogP) is 3.01. The number of rotatable bonds is 3. The van der Waals surface area contributed by atoms with Gasteiger partial charge in [0.15, 0.2) is 17.3 Å². The molecule has 0 aliphatic carbocycles. The van der Waals surface area contributed by atoms with Gasteiger partial charge < -0.3 is 9.84 Å². The van der Waals surface area contributed by atoms with Crippen LogP contribution in [0.5, 0.6) is 11.5 Å². The first kappa shape index (κ1) is 13.3. The molecule has 0 fully saturated rings. The minimum absolute atomic E-state index is 0.134. The van der Waals surface area contributed by atoms with Crippen LogP contribution in [0, 0.1) is 0 Å². The van der Waals surface area contributed by atoms with Crippen LogP contribution in [0.4, 0.5) is 13.2 Å². The quantitative estimate of drug-likeness (QED) is 0.836. The third-order valence-corrected chi connectivity index (χ3v) is 2.08. The molecule has 0 aliphatic rings. The first-order valence-corrected chi connectivity index (χ1v) is 4.85. The molecular formula is C11H11F3O3. The van der Waals surface area contributed by atoms with Crippen molar-refractivity contribution in [2.45, 2.75) is 20.0 Å². The number of ketones is 1. The van der Waals surface area contributed by atoms with E-state index in [4.69, 9.17) is 4.74 Å². The molecular weight excluding hydrogens is 237 g/mol. The number of hydrogen-bond donors (Lipinski definition) is 1. The number of halogens is 3. The highest BCUT2D eigenvalue weighted by molar-refractivity contribution is 5.96. The van der Waals surface area contributed by atoms with E-state index in [0.717, 1.165) is 13.0 Å². The summed E-state index contributed by atoms with van der Waals surface area (Å²) in [5.41, 5.74) is -1.68. The van der Waals surface area contributed by atoms with Crippen LogP contribution in [-0.2, 0) is 6.18 Å². The molecule has 3 nitrogen and oxygen atoms in total. The van der Waals surface area contributed by atoms with Gasteiger partial charge in [0.2, 0.25) is 0 Å². The number of alkyl halides is 3. The molecule has 17 heavy (non-hydrogen) atoms. The highest BCUT2D eigenvalue weighted by Gasteiger charge is 2.35. The fraction of sp³-hybridized carbons (Fsp3) is 0.364. The molecule has 0 aromatic heterocycles. The number of Topliss-reactive ketones (excluding diaryl/α,β-unsaturated/α-hetero) is 1. The standard InChI is InChI=1S/C11H11F3O3/c1-3-17-10-4-7(6(2)15)8(5-9(10)16)11(12,13)14/h4-5,16H,3H2,1-2H3. The summed E-state index contributed by atoms with van der Waals surface area (Å²) in [7, 11) is 0. The molecule has 0 spiro atoms. The second-order valence-electron chi connectivity index (χ2n) is 3.35. The van der Waals surface area contributed by atoms with Gasteiger partial charge in [0.05, 0.1) is 12.2 Å². The number of benzene rings is 1. The van der Waals surface area contributed by atoms with Crippen molar-refractivity contribution < 1.29 is 27.8 Å². The molecule has 0 heterocycles. The van der Waals surface area contributed by atoms with E-state index in [1.54, 1.807) is 6.92 Å². The predicted molar refractivity (Wildman–Crippen MR) is 54.3 cm³/mol. The Kier molecular flexibility index (Phi) is 3.65. The summed E-state index contributed by atoms with van der Waals surface area (Å²) in [5, 5.41) is 9.36. The lowest BCUT2D eigenvalue weighted by molar-refractivity contribution is -0.138. The molecule has 0 radical (unpaired) electrons. The summed E-state index contributed by atoms with van der Waals surface area (Å²) in [6, 6.07) is 1.41. The molecule has 0 amide bonds. The Morgan fingerprint density at radius 2 is 2.00 bits per heavy atom. The van der Waals surface area contributed by atoms with Crippen LogP contribution in [0.1, 0.15) is 29.8 Å². The van der Waals surface area contributed by atoms with Gasteiger partial charge in [0, 0.05) is 5.56 Å². The van der Waals surface area contributed by atoms with E-state index < -0.39 is 28.8 Å². The number of carbonyl (C=O) groups is 1. The van der Waals surface area contributed by atoms with Crippen LogP contribution in [0.2, 0.25) is 0 Å². The number of ether oxygens (including phenoxy) is 1. The van der Waals surface area contributed by atoms with Crippen molar-refractivity contribution in [3.8, 4) is 11.5 Å². The third kappa shape index (κ3) is 2.89. The normalized spacial score (nSPS) is 11.4. The summed E-state index contributed by atoms with van der Waals surface area (Å²) in [6.07, 6.45) is -4.69. The van der Waals surface area contributed by atoms with Crippen LogP contribution >= 0.6 is 0 Å². The van der Waals surface area contributed by atoms with Gasteiger partial charge in [0.25, 0.3) is 0 Å². The zero-order valence-corrected chi connectivity index (χ0v) is 9.26. The van der Waals surface area contributed by atoms with E-state index in [1.165, 1.54) is 0 Å². The molecule has 0 aliphatic heterocycles. The average molecular weight is 248 g/mol. The molecule has 1 aromatic rings. The first-order valence-electron chi connectivity index (χ1n) is 4.85. The molecule has 0 atom stereocenters. The van der Waals surface area contributed by atoms with E-state index in [9.17, 15) is 23.1 Å². The van der Waals surface area contributed by atoms with Gasteiger partial charge in [-0.1, -0.05) is 0 Å². The van der Waals surface area contributed by atoms with Gasteiger partial charge in [-0.15, -0.1) is 0 Å². The minimum Gasteiger partial charge on any atom is -0.504 e. The van der Waals surface area contributed by atoms with Crippen LogP contribution < -0.4 is 4.74 Å². The number of hydrogen-bond acceptors (Lipinski definition) is 3. The minimum atomic E-state index is -4.69. The lowest BCUT2D eigenvalue weighted by atomic mass is 10.0. The molecule has 1 aromatic carbocycles. The number of phenolic OH excluding ortho intramolecular Hbond substituents is 1. The summed E-state index contributed by atoms with van der Waals surface area (Å²) in [4.78, 5) is 11.1. The zero-order valence-electron chi connectivity index (χ0n) is 9.26. The Morgan fingerprint density at radius 3 is 2.41 bits per heavy atom. The fourth-order valence-electron chi connectivity index (χ4n) is 1.37. The highest BCUT2D eigenvalue weighted by Crippen LogP contribution is 2.38. The Hall–Kier alpha value is -1.72. The van der Waals surface area contributed by atoms with Crippen LogP contribution in [0.15, 0.2) is 12.1 Å². The highest BCUT2D eigenvalue weighted by atomic mass is 19.4. The maximum absolute atomic E-state index is 12.6. The number of carbonyl (C=O) groups excluding carboxylic acids is 1. The second-order valence-corrected chi connectivity index (χ2v) is 3.35. The summed E-state index contributed by atoms with van der Waals surface area (Å²) >= 11 is 0. The Bertz CT molecular complexity index is 438. The molecule has 0 saturated carbocycles. The zero-order chi connectivity index (χ0) is 13.2. The molecule has 6 heteroatoms. The average Bonchev–Trinajstić information content (AvgIpc) is 2.19. The summed E-state index contributed by atoms with van der Waals surface area (Å²) in [5.74, 6) is -1.51. The molecule has 0 unspecified atom stereocenters. The van der Waals surface area contributed by atoms with Crippen molar-refractivity contribution in [2.24, 2.45) is 0 Å². The van der Waals surface area contributed by atoms with Crippen molar-refractivity contribution in [1.82, 2.24) is 0 Å². The maximum Gasteiger partial charge on any atom is 0.417 e. The van der Waals surface area contributed by atoms with Crippen LogP contribution in [0.3, 0.4) is 0 Å². The van der Waals surface area contributed by atoms with Crippen molar-refractivity contribution in [3.05, 3.63) is 23.3 Å². The Balaban J connectivity index is 3.41. The van der Waals surface area contributed by atoms with Crippen LogP contribution in [-0.4, -0.2) is 17.5 Å². The van der Waals surface area contributed by atoms with Gasteiger partial charge in [-0.3, -0.25) is 4.79 Å². The first-order chi connectivity index (χ1) is 7.77. The lowest BCUT2D eigenvalue weighted by Gasteiger charge is -2.14. The van der Waals surface area contributed by atoms with Gasteiger partial charge in [-0.25, -0.2) is 0 Å². The smallest absolute Gasteiger partial charge is 0.417 e. The molecule has 0 bridgehead atoms. The van der Waals surface area contributed by atoms with Gasteiger partial charge in [-0.2, -0.15) is 13.2 Å². The van der Waals surface area contributed by atoms with Crippen molar-refractivity contribution in [3.63, 3.8) is 0 Å². The van der Waals surface area contributed by atoms with Gasteiger partial charge >= 0.3 is 6.18 Å². The summed E-state index contributed by atoms with van der Waals surface area (Å²) in [6.45, 7) is 2.82. The van der Waals surface area contributed by atoms with E-state index in [2.05, 4.69) is 0 Å². The molecule has 1 rings (SSSR count). The number of aromatic hydroxyl groups is 1. The lowest BCUT2D eigenvalue weighted by Crippen LogP contribution is -2.12. The van der Waals surface area contributed by atoms with Crippen LogP contribution in [0.25, 0.3) is 0 Å². The SMILES string of the molecule is CCOc1cc(C(C)=O)c(C(F)(F)F)cc1O. The Labute approximate surface area is 95.8 Å². The van der Waals surface area contributed by atoms with E-state index in [0.29, 0.717) is 6.07 Å². The number of phenols is 1. The van der Waals surface area contributed by atoms with E-state index in [-0.39, 0.29) is 12.4 Å². The third-order valence-electron chi connectivity index (χ3n) is 2.08. The van der Waals surface area contributed by atoms with Gasteiger partial charge in [0.1, 0.15) is 0 Å². The monoisotopic (exact) mass is 248 g/mol. The second kappa shape index (κ2) is 4.65. The maximum atomic E-state index is 12.6. The molecule has 1 N–H and O–H groups in total. The summed E-state index contributed by atoms with van der Waals surface area (Å²) < 4.78 is 42.7. The van der Waals surface area contributed by atoms with Crippen molar-refractivity contribution in [1.29, 1.82) is 0 Å². The van der Waals surface area contributed by atoms with Crippen molar-refractivity contribution >= 4 is 5.78 Å². The fourth-order valence-corrected chi connectivity index (χ4v) is 1.37. The topological polar surface area (TPSA) is 46.5 Å².